The number of aromatic nitrogens is 1. The van der Waals surface area contributed by atoms with Gasteiger partial charge in [0.25, 0.3) is 0 Å². The predicted molar refractivity (Wildman–Crippen MR) is 78.3 cm³/mol. The molecule has 0 saturated carbocycles. The Morgan fingerprint density at radius 1 is 1.42 bits per heavy atom. The van der Waals surface area contributed by atoms with Crippen LogP contribution >= 0.6 is 22.9 Å². The van der Waals surface area contributed by atoms with Crippen LogP contribution in [0, 0.1) is 19.7 Å². The number of benzene rings is 1. The van der Waals surface area contributed by atoms with Gasteiger partial charge in [-0.05, 0) is 32.9 Å². The van der Waals surface area contributed by atoms with E-state index in [4.69, 9.17) is 11.6 Å². The fourth-order valence-corrected chi connectivity index (χ4v) is 3.18. The zero-order valence-corrected chi connectivity index (χ0v) is 12.7. The van der Waals surface area contributed by atoms with Gasteiger partial charge >= 0.3 is 0 Å². The van der Waals surface area contributed by atoms with E-state index in [1.54, 1.807) is 23.5 Å². The largest absolute Gasteiger partial charge is 0.305 e. The van der Waals surface area contributed by atoms with Gasteiger partial charge in [-0.1, -0.05) is 17.7 Å². The van der Waals surface area contributed by atoms with E-state index in [1.165, 1.54) is 10.9 Å². The van der Waals surface area contributed by atoms with Crippen LogP contribution in [0.15, 0.2) is 18.2 Å². The van der Waals surface area contributed by atoms with Crippen LogP contribution in [0.3, 0.4) is 0 Å². The van der Waals surface area contributed by atoms with Crippen molar-refractivity contribution in [3.05, 3.63) is 50.2 Å². The molecule has 1 aromatic heterocycles. The zero-order valence-electron chi connectivity index (χ0n) is 11.1. The topological polar surface area (TPSA) is 24.9 Å². The maximum atomic E-state index is 13.7. The molecule has 1 N–H and O–H groups in total. The smallest absolute Gasteiger partial charge is 0.129 e. The van der Waals surface area contributed by atoms with Gasteiger partial charge in [0, 0.05) is 28.0 Å². The Morgan fingerprint density at radius 3 is 2.74 bits per heavy atom. The van der Waals surface area contributed by atoms with E-state index < -0.39 is 0 Å². The predicted octanol–water partition coefficient (Wildman–Crippen LogP) is 4.40. The highest BCUT2D eigenvalue weighted by molar-refractivity contribution is 7.11. The Kier molecular flexibility index (Phi) is 4.55. The summed E-state index contributed by atoms with van der Waals surface area (Å²) in [6, 6.07) is 4.87. The molecule has 1 aromatic carbocycles. The van der Waals surface area contributed by atoms with Crippen LogP contribution in [0.5, 0.6) is 0 Å². The Morgan fingerprint density at radius 2 is 2.16 bits per heavy atom. The standard InChI is InChI=1S/C14H16ClFN2S/c1-8(14-9(2)18-10(3)19-14)17-7-11-12(15)5-4-6-13(11)16/h4-6,8,17H,7H2,1-3H3. The van der Waals surface area contributed by atoms with Gasteiger partial charge in [0.15, 0.2) is 0 Å². The van der Waals surface area contributed by atoms with Crippen molar-refractivity contribution < 1.29 is 4.39 Å². The molecule has 5 heteroatoms. The number of nitrogens with one attached hydrogen (secondary N) is 1. The van der Waals surface area contributed by atoms with Gasteiger partial charge in [-0.25, -0.2) is 9.37 Å². The third kappa shape index (κ3) is 3.32. The summed E-state index contributed by atoms with van der Waals surface area (Å²) in [7, 11) is 0. The SMILES string of the molecule is Cc1nc(C)c(C(C)NCc2c(F)cccc2Cl)s1. The molecule has 0 saturated heterocycles. The van der Waals surface area contributed by atoms with Crippen LogP contribution in [0.25, 0.3) is 0 Å². The van der Waals surface area contributed by atoms with E-state index >= 15 is 0 Å². The second kappa shape index (κ2) is 5.99. The number of hydrogen-bond acceptors (Lipinski definition) is 3. The molecule has 2 rings (SSSR count). The first-order valence-electron chi connectivity index (χ1n) is 6.09. The second-order valence-electron chi connectivity index (χ2n) is 4.49. The minimum absolute atomic E-state index is 0.127. The van der Waals surface area contributed by atoms with E-state index in [1.807, 2.05) is 13.8 Å². The molecule has 0 aliphatic rings. The van der Waals surface area contributed by atoms with Crippen LogP contribution in [0.2, 0.25) is 5.02 Å². The average Bonchev–Trinajstić information content (AvgIpc) is 2.67. The van der Waals surface area contributed by atoms with Crippen molar-refractivity contribution in [1.29, 1.82) is 0 Å². The number of hydrogen-bond donors (Lipinski definition) is 1. The normalized spacial score (nSPS) is 12.7. The minimum Gasteiger partial charge on any atom is -0.305 e. The lowest BCUT2D eigenvalue weighted by Crippen LogP contribution is -2.19. The third-order valence-corrected chi connectivity index (χ3v) is 4.59. The summed E-state index contributed by atoms with van der Waals surface area (Å²) in [4.78, 5) is 5.59. The Bertz CT molecular complexity index is 563. The molecule has 102 valence electrons. The van der Waals surface area contributed by atoms with E-state index in [2.05, 4.69) is 17.2 Å². The molecule has 1 unspecified atom stereocenters. The number of thiazole rings is 1. The van der Waals surface area contributed by atoms with E-state index in [-0.39, 0.29) is 11.9 Å². The molecular formula is C14H16ClFN2S. The highest BCUT2D eigenvalue weighted by atomic mass is 35.5. The maximum Gasteiger partial charge on any atom is 0.129 e. The van der Waals surface area contributed by atoms with Gasteiger partial charge in [-0.2, -0.15) is 0 Å². The summed E-state index contributed by atoms with van der Waals surface area (Å²) >= 11 is 7.67. The van der Waals surface area contributed by atoms with Crippen molar-refractivity contribution in [3.63, 3.8) is 0 Å². The van der Waals surface area contributed by atoms with Crippen molar-refractivity contribution in [1.82, 2.24) is 10.3 Å². The molecule has 0 aliphatic carbocycles. The summed E-state index contributed by atoms with van der Waals surface area (Å²) in [5.74, 6) is -0.274. The first kappa shape index (κ1) is 14.4. The molecule has 19 heavy (non-hydrogen) atoms. The molecule has 2 nitrogen and oxygen atoms in total. The summed E-state index contributed by atoms with van der Waals surface area (Å²) in [5, 5.41) is 4.80. The highest BCUT2D eigenvalue weighted by Gasteiger charge is 2.14. The number of nitrogens with zero attached hydrogens (tertiary/aromatic N) is 1. The summed E-state index contributed by atoms with van der Waals surface area (Å²) in [6.07, 6.45) is 0. The highest BCUT2D eigenvalue weighted by Crippen LogP contribution is 2.25. The molecule has 0 bridgehead atoms. The first-order chi connectivity index (χ1) is 8.99. The van der Waals surface area contributed by atoms with Crippen LogP contribution in [-0.4, -0.2) is 4.98 Å². The zero-order chi connectivity index (χ0) is 14.0. The van der Waals surface area contributed by atoms with Crippen LogP contribution in [0.1, 0.15) is 34.1 Å². The van der Waals surface area contributed by atoms with Gasteiger partial charge < -0.3 is 5.32 Å². The molecule has 1 heterocycles. The van der Waals surface area contributed by atoms with Gasteiger partial charge in [0.1, 0.15) is 5.82 Å². The average molecular weight is 299 g/mol. The van der Waals surface area contributed by atoms with Gasteiger partial charge in [0.2, 0.25) is 0 Å². The first-order valence-corrected chi connectivity index (χ1v) is 7.28. The molecule has 1 atom stereocenters. The van der Waals surface area contributed by atoms with Crippen LogP contribution in [-0.2, 0) is 6.54 Å². The minimum atomic E-state index is -0.274. The Labute approximate surface area is 121 Å². The lowest BCUT2D eigenvalue weighted by Gasteiger charge is -2.14. The van der Waals surface area contributed by atoms with E-state index in [0.717, 1.165) is 10.7 Å². The van der Waals surface area contributed by atoms with Crippen molar-refractivity contribution >= 4 is 22.9 Å². The van der Waals surface area contributed by atoms with Crippen molar-refractivity contribution in [2.45, 2.75) is 33.4 Å². The Hall–Kier alpha value is -0.970. The molecule has 2 aromatic rings. The van der Waals surface area contributed by atoms with E-state index in [0.29, 0.717) is 17.1 Å². The Balaban J connectivity index is 2.08. The quantitative estimate of drug-likeness (QED) is 0.905. The second-order valence-corrected chi connectivity index (χ2v) is 6.13. The molecular weight excluding hydrogens is 283 g/mol. The number of rotatable bonds is 4. The maximum absolute atomic E-state index is 13.7. The van der Waals surface area contributed by atoms with Crippen molar-refractivity contribution in [3.8, 4) is 0 Å². The number of aryl methyl sites for hydroxylation is 2. The number of halogens is 2. The van der Waals surface area contributed by atoms with Gasteiger partial charge in [-0.3, -0.25) is 0 Å². The molecule has 0 fully saturated rings. The molecule has 0 aliphatic heterocycles. The van der Waals surface area contributed by atoms with Crippen molar-refractivity contribution in [2.24, 2.45) is 0 Å². The molecule has 0 spiro atoms. The van der Waals surface area contributed by atoms with Gasteiger partial charge in [0.05, 0.1) is 10.7 Å². The molecule has 0 amide bonds. The summed E-state index contributed by atoms with van der Waals surface area (Å²) < 4.78 is 13.7. The molecule has 0 radical (unpaired) electrons. The summed E-state index contributed by atoms with van der Waals surface area (Å²) in [6.45, 7) is 6.44. The van der Waals surface area contributed by atoms with E-state index in [9.17, 15) is 4.39 Å². The summed E-state index contributed by atoms with van der Waals surface area (Å²) in [5.41, 5.74) is 1.54. The lowest BCUT2D eigenvalue weighted by molar-refractivity contribution is 0.547. The fourth-order valence-electron chi connectivity index (χ4n) is 2.00. The van der Waals surface area contributed by atoms with Gasteiger partial charge in [-0.15, -0.1) is 11.3 Å². The lowest BCUT2D eigenvalue weighted by atomic mass is 10.2. The third-order valence-electron chi connectivity index (χ3n) is 2.98. The van der Waals surface area contributed by atoms with Crippen LogP contribution in [0.4, 0.5) is 4.39 Å². The van der Waals surface area contributed by atoms with Crippen LogP contribution < -0.4 is 5.32 Å². The fraction of sp³-hybridized carbons (Fsp3) is 0.357. The monoisotopic (exact) mass is 298 g/mol. The van der Waals surface area contributed by atoms with Crippen molar-refractivity contribution in [2.75, 3.05) is 0 Å².